The van der Waals surface area contributed by atoms with Gasteiger partial charge in [0.1, 0.15) is 0 Å². The molecule has 0 fully saturated rings. The zero-order chi connectivity index (χ0) is 8.97. The van der Waals surface area contributed by atoms with Crippen LogP contribution in [0.1, 0.15) is 19.5 Å². The van der Waals surface area contributed by atoms with Gasteiger partial charge in [-0.15, -0.1) is 0 Å². The molecule has 0 aromatic carbocycles. The summed E-state index contributed by atoms with van der Waals surface area (Å²) in [4.78, 5) is 6.54. The molecule has 12 heavy (non-hydrogen) atoms. The van der Waals surface area contributed by atoms with Crippen molar-refractivity contribution < 1.29 is 0 Å². The van der Waals surface area contributed by atoms with Crippen molar-refractivity contribution in [1.82, 2.24) is 4.98 Å². The maximum Gasteiger partial charge on any atom is 0.0633 e. The van der Waals surface area contributed by atoms with E-state index in [1.165, 1.54) is 11.4 Å². The Balaban J connectivity index is 2.96. The molecule has 0 aliphatic carbocycles. The van der Waals surface area contributed by atoms with Gasteiger partial charge in [0.25, 0.3) is 0 Å². The van der Waals surface area contributed by atoms with E-state index in [9.17, 15) is 0 Å². The normalized spacial score (nSPS) is 9.92. The van der Waals surface area contributed by atoms with E-state index in [2.05, 4.69) is 36.8 Å². The first-order valence-electron chi connectivity index (χ1n) is 4.44. The van der Waals surface area contributed by atoms with Crippen LogP contribution in [0, 0.1) is 0 Å². The quantitative estimate of drug-likeness (QED) is 0.680. The summed E-state index contributed by atoms with van der Waals surface area (Å²) in [5.74, 6) is 0. The van der Waals surface area contributed by atoms with Crippen molar-refractivity contribution in [3.63, 3.8) is 0 Å². The molecular formula is C10H16N2. The highest BCUT2D eigenvalue weighted by molar-refractivity contribution is 5.49. The Morgan fingerprint density at radius 1 is 1.42 bits per heavy atom. The zero-order valence-electron chi connectivity index (χ0n) is 8.04. The molecule has 0 N–H and O–H groups in total. The molecule has 0 spiro atoms. The molecule has 2 heteroatoms. The maximum absolute atomic E-state index is 4.32. The predicted octanol–water partition coefficient (Wildman–Crippen LogP) is 2.10. The minimum atomic E-state index is 1.00. The zero-order valence-corrected chi connectivity index (χ0v) is 8.04. The van der Waals surface area contributed by atoms with Crippen LogP contribution in [-0.4, -0.2) is 18.6 Å². The lowest BCUT2D eigenvalue weighted by molar-refractivity contribution is 0.924. The molecule has 0 unspecified atom stereocenters. The molecule has 66 valence electrons. The average molecular weight is 164 g/mol. The summed E-state index contributed by atoms with van der Waals surface area (Å²) in [6.07, 6.45) is 2.85. The summed E-state index contributed by atoms with van der Waals surface area (Å²) in [5.41, 5.74) is 2.43. The SMILES string of the molecule is CCc1ncccc1N(C)CC. The third-order valence-electron chi connectivity index (χ3n) is 2.09. The molecule has 0 bridgehead atoms. The molecule has 0 aliphatic rings. The Bertz CT molecular complexity index is 245. The molecule has 1 rings (SSSR count). The predicted molar refractivity (Wildman–Crippen MR) is 52.6 cm³/mol. The molecule has 1 heterocycles. The van der Waals surface area contributed by atoms with Crippen molar-refractivity contribution in [2.24, 2.45) is 0 Å². The van der Waals surface area contributed by atoms with E-state index in [0.29, 0.717) is 0 Å². The van der Waals surface area contributed by atoms with Crippen LogP contribution in [-0.2, 0) is 6.42 Å². The van der Waals surface area contributed by atoms with Gasteiger partial charge in [-0.3, -0.25) is 4.98 Å². The lowest BCUT2D eigenvalue weighted by atomic mass is 10.2. The Labute approximate surface area is 74.2 Å². The number of hydrogen-bond acceptors (Lipinski definition) is 2. The Hall–Kier alpha value is -1.05. The van der Waals surface area contributed by atoms with Crippen molar-refractivity contribution in [1.29, 1.82) is 0 Å². The number of nitrogens with zero attached hydrogens (tertiary/aromatic N) is 2. The van der Waals surface area contributed by atoms with Gasteiger partial charge in [0.05, 0.1) is 11.4 Å². The standard InChI is InChI=1S/C10H16N2/c1-4-9-10(12(3)5-2)7-6-8-11-9/h6-8H,4-5H2,1-3H3. The number of pyridine rings is 1. The van der Waals surface area contributed by atoms with E-state index >= 15 is 0 Å². The average Bonchev–Trinajstić information content (AvgIpc) is 2.16. The number of hydrogen-bond donors (Lipinski definition) is 0. The monoisotopic (exact) mass is 164 g/mol. The van der Waals surface area contributed by atoms with E-state index in [1.54, 1.807) is 0 Å². The molecule has 1 aromatic heterocycles. The summed E-state index contributed by atoms with van der Waals surface area (Å²) < 4.78 is 0. The van der Waals surface area contributed by atoms with Gasteiger partial charge >= 0.3 is 0 Å². The fourth-order valence-electron chi connectivity index (χ4n) is 1.22. The van der Waals surface area contributed by atoms with Gasteiger partial charge in [0.2, 0.25) is 0 Å². The van der Waals surface area contributed by atoms with Gasteiger partial charge in [-0.25, -0.2) is 0 Å². The molecular weight excluding hydrogens is 148 g/mol. The number of anilines is 1. The number of aromatic nitrogens is 1. The van der Waals surface area contributed by atoms with E-state index in [4.69, 9.17) is 0 Å². The number of rotatable bonds is 3. The first kappa shape index (κ1) is 9.04. The second-order valence-corrected chi connectivity index (χ2v) is 2.84. The second kappa shape index (κ2) is 4.10. The molecule has 2 nitrogen and oxygen atoms in total. The van der Waals surface area contributed by atoms with Gasteiger partial charge in [-0.1, -0.05) is 6.92 Å². The minimum absolute atomic E-state index is 1.00. The Kier molecular flexibility index (Phi) is 3.09. The Morgan fingerprint density at radius 3 is 2.75 bits per heavy atom. The first-order chi connectivity index (χ1) is 5.79. The third kappa shape index (κ3) is 1.76. The smallest absolute Gasteiger partial charge is 0.0633 e. The van der Waals surface area contributed by atoms with E-state index < -0.39 is 0 Å². The lowest BCUT2D eigenvalue weighted by Gasteiger charge is -2.18. The highest BCUT2D eigenvalue weighted by atomic mass is 15.1. The maximum atomic E-state index is 4.32. The van der Waals surface area contributed by atoms with Crippen LogP contribution < -0.4 is 4.90 Å². The van der Waals surface area contributed by atoms with Crippen molar-refractivity contribution in [3.8, 4) is 0 Å². The molecule has 0 amide bonds. The molecule has 0 saturated heterocycles. The minimum Gasteiger partial charge on any atom is -0.373 e. The van der Waals surface area contributed by atoms with Gasteiger partial charge in [-0.05, 0) is 25.5 Å². The molecule has 0 aliphatic heterocycles. The van der Waals surface area contributed by atoms with E-state index in [1.807, 2.05) is 12.3 Å². The molecule has 0 saturated carbocycles. The topological polar surface area (TPSA) is 16.1 Å². The fourth-order valence-corrected chi connectivity index (χ4v) is 1.22. The number of aryl methyl sites for hydroxylation is 1. The summed E-state index contributed by atoms with van der Waals surface area (Å²) in [7, 11) is 2.09. The fraction of sp³-hybridized carbons (Fsp3) is 0.500. The second-order valence-electron chi connectivity index (χ2n) is 2.84. The Morgan fingerprint density at radius 2 is 2.17 bits per heavy atom. The van der Waals surface area contributed by atoms with Gasteiger partial charge in [0.15, 0.2) is 0 Å². The lowest BCUT2D eigenvalue weighted by Crippen LogP contribution is -2.17. The van der Waals surface area contributed by atoms with Crippen LogP contribution in [0.3, 0.4) is 0 Å². The van der Waals surface area contributed by atoms with Crippen molar-refractivity contribution in [2.75, 3.05) is 18.5 Å². The van der Waals surface area contributed by atoms with Crippen LogP contribution in [0.4, 0.5) is 5.69 Å². The largest absolute Gasteiger partial charge is 0.373 e. The van der Waals surface area contributed by atoms with Crippen LogP contribution in [0.25, 0.3) is 0 Å². The summed E-state index contributed by atoms with van der Waals surface area (Å²) in [6, 6.07) is 4.11. The van der Waals surface area contributed by atoms with E-state index in [0.717, 1.165) is 13.0 Å². The first-order valence-corrected chi connectivity index (χ1v) is 4.44. The molecule has 0 radical (unpaired) electrons. The highest BCUT2D eigenvalue weighted by Gasteiger charge is 2.03. The van der Waals surface area contributed by atoms with E-state index in [-0.39, 0.29) is 0 Å². The van der Waals surface area contributed by atoms with Crippen LogP contribution in [0.2, 0.25) is 0 Å². The molecule has 1 aromatic rings. The third-order valence-corrected chi connectivity index (χ3v) is 2.09. The summed E-state index contributed by atoms with van der Waals surface area (Å²) >= 11 is 0. The van der Waals surface area contributed by atoms with Gasteiger partial charge in [0, 0.05) is 19.8 Å². The van der Waals surface area contributed by atoms with Crippen LogP contribution in [0.5, 0.6) is 0 Å². The summed E-state index contributed by atoms with van der Waals surface area (Å²) in [5, 5.41) is 0. The van der Waals surface area contributed by atoms with Crippen LogP contribution >= 0.6 is 0 Å². The molecule has 0 atom stereocenters. The van der Waals surface area contributed by atoms with Crippen molar-refractivity contribution >= 4 is 5.69 Å². The van der Waals surface area contributed by atoms with Crippen molar-refractivity contribution in [2.45, 2.75) is 20.3 Å². The summed E-state index contributed by atoms with van der Waals surface area (Å²) in [6.45, 7) is 5.31. The van der Waals surface area contributed by atoms with Crippen LogP contribution in [0.15, 0.2) is 18.3 Å². The van der Waals surface area contributed by atoms with Gasteiger partial charge in [-0.2, -0.15) is 0 Å². The van der Waals surface area contributed by atoms with Crippen molar-refractivity contribution in [3.05, 3.63) is 24.0 Å². The highest BCUT2D eigenvalue weighted by Crippen LogP contribution is 2.16. The van der Waals surface area contributed by atoms with Gasteiger partial charge < -0.3 is 4.90 Å².